The van der Waals surface area contributed by atoms with Crippen LogP contribution in [0.1, 0.15) is 25.3 Å². The number of aryl methyl sites for hydroxylation is 1. The summed E-state index contributed by atoms with van der Waals surface area (Å²) in [7, 11) is 1.61. The predicted octanol–water partition coefficient (Wildman–Crippen LogP) is 2.53. The van der Waals surface area contributed by atoms with Gasteiger partial charge in [0, 0.05) is 22.3 Å². The molecule has 1 amide bonds. The van der Waals surface area contributed by atoms with Crippen LogP contribution >= 0.6 is 10.7 Å². The van der Waals surface area contributed by atoms with Crippen molar-refractivity contribution in [1.29, 1.82) is 0 Å². The van der Waals surface area contributed by atoms with Gasteiger partial charge < -0.3 is 5.32 Å². The molecular weight excluding hydrogens is 274 g/mol. The Bertz CT molecular complexity index is 579. The molecule has 0 radical (unpaired) electrons. The fraction of sp³-hybridized carbons (Fsp3) is 0.417. The van der Waals surface area contributed by atoms with Crippen molar-refractivity contribution in [3.8, 4) is 0 Å². The molecule has 1 saturated carbocycles. The van der Waals surface area contributed by atoms with Gasteiger partial charge in [-0.1, -0.05) is 6.92 Å². The van der Waals surface area contributed by atoms with Crippen LogP contribution in [0.25, 0.3) is 0 Å². The van der Waals surface area contributed by atoms with Gasteiger partial charge in [-0.15, -0.1) is 0 Å². The average Bonchev–Trinajstić information content (AvgIpc) is 3.11. The minimum absolute atomic E-state index is 0.00136. The molecule has 2 rings (SSSR count). The smallest absolute Gasteiger partial charge is 0.261 e. The molecule has 1 aromatic rings. The molecule has 1 aliphatic rings. The van der Waals surface area contributed by atoms with E-state index in [1.54, 1.807) is 12.1 Å². The molecule has 0 saturated heterocycles. The minimum atomic E-state index is -3.74. The van der Waals surface area contributed by atoms with Gasteiger partial charge in [0.25, 0.3) is 9.05 Å². The monoisotopic (exact) mass is 287 g/mol. The third-order valence-corrected chi connectivity index (χ3v) is 4.34. The Hall–Kier alpha value is -1.07. The zero-order chi connectivity index (χ0) is 13.3. The first-order chi connectivity index (χ1) is 8.41. The van der Waals surface area contributed by atoms with E-state index in [1.165, 1.54) is 6.07 Å². The highest BCUT2D eigenvalue weighted by Gasteiger charge is 2.29. The van der Waals surface area contributed by atoms with Gasteiger partial charge in [-0.05, 0) is 43.0 Å². The van der Waals surface area contributed by atoms with E-state index in [9.17, 15) is 13.2 Å². The molecule has 0 aromatic heterocycles. The van der Waals surface area contributed by atoms with Gasteiger partial charge in [0.1, 0.15) is 0 Å². The van der Waals surface area contributed by atoms with Gasteiger partial charge in [0.2, 0.25) is 5.91 Å². The second kappa shape index (κ2) is 4.90. The predicted molar refractivity (Wildman–Crippen MR) is 70.2 cm³/mol. The van der Waals surface area contributed by atoms with Crippen LogP contribution in [-0.4, -0.2) is 14.3 Å². The lowest BCUT2D eigenvalue weighted by Crippen LogP contribution is -2.13. The van der Waals surface area contributed by atoms with Gasteiger partial charge in [-0.3, -0.25) is 4.79 Å². The number of carbonyl (C=O) groups excluding carboxylic acids is 1. The summed E-state index contributed by atoms with van der Waals surface area (Å²) in [5.74, 6) is 0.116. The molecule has 98 valence electrons. The first-order valence-corrected chi connectivity index (χ1v) is 8.11. The van der Waals surface area contributed by atoms with Crippen LogP contribution in [-0.2, 0) is 20.3 Å². The molecule has 0 unspecified atom stereocenters. The van der Waals surface area contributed by atoms with Gasteiger partial charge in [0.05, 0.1) is 4.90 Å². The molecule has 1 fully saturated rings. The van der Waals surface area contributed by atoms with E-state index in [0.717, 1.165) is 12.8 Å². The third-order valence-electron chi connectivity index (χ3n) is 2.92. The number of anilines is 1. The molecule has 0 heterocycles. The third kappa shape index (κ3) is 3.03. The van der Waals surface area contributed by atoms with Gasteiger partial charge >= 0.3 is 0 Å². The van der Waals surface area contributed by atoms with E-state index >= 15 is 0 Å². The zero-order valence-electron chi connectivity index (χ0n) is 9.94. The first-order valence-electron chi connectivity index (χ1n) is 5.80. The van der Waals surface area contributed by atoms with Crippen LogP contribution < -0.4 is 5.32 Å². The number of rotatable bonds is 4. The highest BCUT2D eigenvalue weighted by Crippen LogP contribution is 2.31. The summed E-state index contributed by atoms with van der Waals surface area (Å²) in [4.78, 5) is 11.7. The van der Waals surface area contributed by atoms with Crippen LogP contribution in [0.5, 0.6) is 0 Å². The average molecular weight is 288 g/mol. The van der Waals surface area contributed by atoms with Crippen molar-refractivity contribution in [2.24, 2.45) is 5.92 Å². The summed E-state index contributed by atoms with van der Waals surface area (Å²) >= 11 is 0. The molecule has 1 N–H and O–H groups in total. The first kappa shape index (κ1) is 13.4. The molecular formula is C12H14ClNO3S. The second-order valence-corrected chi connectivity index (χ2v) is 6.91. The Labute approximate surface area is 111 Å². The second-order valence-electron chi connectivity index (χ2n) is 4.38. The topological polar surface area (TPSA) is 63.2 Å². The van der Waals surface area contributed by atoms with Crippen LogP contribution in [0.4, 0.5) is 5.69 Å². The van der Waals surface area contributed by atoms with Crippen molar-refractivity contribution in [1.82, 2.24) is 0 Å². The lowest BCUT2D eigenvalue weighted by molar-refractivity contribution is -0.117. The van der Waals surface area contributed by atoms with E-state index < -0.39 is 9.05 Å². The van der Waals surface area contributed by atoms with E-state index in [0.29, 0.717) is 17.7 Å². The summed E-state index contributed by atoms with van der Waals surface area (Å²) < 4.78 is 22.7. The van der Waals surface area contributed by atoms with Crippen molar-refractivity contribution in [3.05, 3.63) is 23.8 Å². The molecule has 0 bridgehead atoms. The van der Waals surface area contributed by atoms with Crippen LogP contribution in [0, 0.1) is 5.92 Å². The molecule has 0 aliphatic heterocycles. The molecule has 4 nitrogen and oxygen atoms in total. The quantitative estimate of drug-likeness (QED) is 0.866. The number of halogens is 1. The molecule has 1 aliphatic carbocycles. The number of amides is 1. The van der Waals surface area contributed by atoms with Crippen molar-refractivity contribution < 1.29 is 13.2 Å². The standard InChI is InChI=1S/C12H14ClNO3S/c1-2-8-7-10(14-12(15)9-3-4-9)5-6-11(8)18(13,16)17/h5-7,9H,2-4H2,1H3,(H,14,15). The van der Waals surface area contributed by atoms with Gasteiger partial charge in [-0.2, -0.15) is 0 Å². The van der Waals surface area contributed by atoms with Crippen molar-refractivity contribution in [2.75, 3.05) is 5.32 Å². The summed E-state index contributed by atoms with van der Waals surface area (Å²) in [6.45, 7) is 1.84. The molecule has 18 heavy (non-hydrogen) atoms. The number of hydrogen-bond donors (Lipinski definition) is 1. The fourth-order valence-electron chi connectivity index (χ4n) is 1.76. The van der Waals surface area contributed by atoms with Crippen LogP contribution in [0.15, 0.2) is 23.1 Å². The van der Waals surface area contributed by atoms with E-state index in [2.05, 4.69) is 5.32 Å². The largest absolute Gasteiger partial charge is 0.326 e. The Balaban J connectivity index is 2.26. The number of carbonyl (C=O) groups is 1. The lowest BCUT2D eigenvalue weighted by atomic mass is 10.1. The van der Waals surface area contributed by atoms with Crippen molar-refractivity contribution in [3.63, 3.8) is 0 Å². The van der Waals surface area contributed by atoms with Crippen molar-refractivity contribution >= 4 is 31.3 Å². The Morgan fingerprint density at radius 3 is 2.61 bits per heavy atom. The SMILES string of the molecule is CCc1cc(NC(=O)C2CC2)ccc1S(=O)(=O)Cl. The number of hydrogen-bond acceptors (Lipinski definition) is 3. The number of benzene rings is 1. The highest BCUT2D eigenvalue weighted by atomic mass is 35.7. The van der Waals surface area contributed by atoms with Crippen LogP contribution in [0.2, 0.25) is 0 Å². The summed E-state index contributed by atoms with van der Waals surface area (Å²) in [6.07, 6.45) is 2.40. The maximum atomic E-state index is 11.6. The Kier molecular flexibility index (Phi) is 3.64. The molecule has 1 aromatic carbocycles. The molecule has 6 heteroatoms. The summed E-state index contributed by atoms with van der Waals surface area (Å²) in [5.41, 5.74) is 1.23. The fourth-order valence-corrected chi connectivity index (χ4v) is 2.96. The van der Waals surface area contributed by atoms with E-state index in [4.69, 9.17) is 10.7 Å². The van der Waals surface area contributed by atoms with Gasteiger partial charge in [0.15, 0.2) is 0 Å². The maximum absolute atomic E-state index is 11.6. The summed E-state index contributed by atoms with van der Waals surface area (Å²) in [6, 6.07) is 4.66. The van der Waals surface area contributed by atoms with E-state index in [-0.39, 0.29) is 16.7 Å². The van der Waals surface area contributed by atoms with Crippen molar-refractivity contribution in [2.45, 2.75) is 31.1 Å². The zero-order valence-corrected chi connectivity index (χ0v) is 11.5. The normalized spacial score (nSPS) is 15.4. The van der Waals surface area contributed by atoms with Gasteiger partial charge in [-0.25, -0.2) is 8.42 Å². The Morgan fingerprint density at radius 2 is 2.11 bits per heavy atom. The minimum Gasteiger partial charge on any atom is -0.326 e. The van der Waals surface area contributed by atoms with Crippen LogP contribution in [0.3, 0.4) is 0 Å². The highest BCUT2D eigenvalue weighted by molar-refractivity contribution is 8.13. The number of nitrogens with one attached hydrogen (secondary N) is 1. The Morgan fingerprint density at radius 1 is 1.44 bits per heavy atom. The molecule has 0 atom stereocenters. The lowest BCUT2D eigenvalue weighted by Gasteiger charge is -2.09. The molecule has 0 spiro atoms. The van der Waals surface area contributed by atoms with E-state index in [1.807, 2.05) is 6.92 Å². The maximum Gasteiger partial charge on any atom is 0.261 e. The summed E-state index contributed by atoms with van der Waals surface area (Å²) in [5, 5.41) is 2.78.